The molecule has 7 heterocycles. The highest BCUT2D eigenvalue weighted by Crippen LogP contribution is 2.35. The van der Waals surface area contributed by atoms with Gasteiger partial charge in [0.1, 0.15) is 11.5 Å². The number of rotatable bonds is 8. The van der Waals surface area contributed by atoms with Crippen LogP contribution >= 0.6 is 0 Å². The SMILES string of the molecule is CC(=O)c1c(C)c2cnc(Nc3ccc(N4CCC(N5CCN(c6cccc7c(N8CCC(=O)NC8=O)nn(C)c67)CC5)CC4)cn3)nc2n(C2CCCC2)c1=O. The van der Waals surface area contributed by atoms with Gasteiger partial charge < -0.3 is 15.1 Å². The number of aryl methyl sites for hydroxylation is 2. The smallest absolute Gasteiger partial charge is 0.329 e. The third-order valence-corrected chi connectivity index (χ3v) is 12.4. The molecule has 2 N–H and O–H groups in total. The zero-order valence-corrected chi connectivity index (χ0v) is 32.7. The van der Waals surface area contributed by atoms with Crippen LogP contribution in [0, 0.1) is 6.92 Å². The number of carbonyl (C=O) groups is 3. The lowest BCUT2D eigenvalue weighted by atomic mass is 10.0. The van der Waals surface area contributed by atoms with Gasteiger partial charge in [-0.15, -0.1) is 0 Å². The fraction of sp³-hybridized carbons (Fsp3) is 0.463. The van der Waals surface area contributed by atoms with Crippen molar-refractivity contribution >= 4 is 68.6 Å². The minimum atomic E-state index is -0.427. The number of aromatic nitrogens is 6. The van der Waals surface area contributed by atoms with E-state index >= 15 is 0 Å². The Bertz CT molecular complexity index is 2440. The maximum Gasteiger partial charge on any atom is 0.329 e. The van der Waals surface area contributed by atoms with Gasteiger partial charge >= 0.3 is 6.03 Å². The van der Waals surface area contributed by atoms with Crippen molar-refractivity contribution in [1.82, 2.24) is 39.5 Å². The van der Waals surface area contributed by atoms with Crippen LogP contribution in [0.1, 0.15) is 73.8 Å². The van der Waals surface area contributed by atoms with Gasteiger partial charge in [-0.2, -0.15) is 10.1 Å². The van der Waals surface area contributed by atoms with E-state index in [4.69, 9.17) is 15.1 Å². The molecular formula is C41H48N12O4. The van der Waals surface area contributed by atoms with Crippen LogP contribution < -0.4 is 30.9 Å². The molecule has 1 aliphatic carbocycles. The van der Waals surface area contributed by atoms with Gasteiger partial charge in [-0.1, -0.05) is 18.9 Å². The zero-order valence-electron chi connectivity index (χ0n) is 32.7. The van der Waals surface area contributed by atoms with Crippen LogP contribution in [0.15, 0.2) is 47.5 Å². The lowest BCUT2D eigenvalue weighted by Gasteiger charge is -2.43. The summed E-state index contributed by atoms with van der Waals surface area (Å²) in [6.07, 6.45) is 9.86. The number of imide groups is 1. The quantitative estimate of drug-likeness (QED) is 0.210. The van der Waals surface area contributed by atoms with Crippen molar-refractivity contribution in [2.75, 3.05) is 65.8 Å². The highest BCUT2D eigenvalue weighted by molar-refractivity contribution is 6.10. The molecule has 1 aromatic carbocycles. The highest BCUT2D eigenvalue weighted by atomic mass is 16.2. The van der Waals surface area contributed by atoms with Crippen LogP contribution in [-0.2, 0) is 11.8 Å². The second-order valence-corrected chi connectivity index (χ2v) is 15.7. The molecule has 1 saturated carbocycles. The molecule has 9 rings (SSSR count). The molecule has 3 amide bonds. The third kappa shape index (κ3) is 6.74. The molecule has 0 bridgehead atoms. The lowest BCUT2D eigenvalue weighted by Crippen LogP contribution is -2.53. The van der Waals surface area contributed by atoms with E-state index in [1.54, 1.807) is 22.6 Å². The van der Waals surface area contributed by atoms with Gasteiger partial charge in [0.25, 0.3) is 5.56 Å². The average molecular weight is 773 g/mol. The summed E-state index contributed by atoms with van der Waals surface area (Å²) >= 11 is 0. The summed E-state index contributed by atoms with van der Waals surface area (Å²) in [5.74, 6) is 1.06. The Labute approximate surface area is 329 Å². The van der Waals surface area contributed by atoms with Crippen LogP contribution in [0.2, 0.25) is 0 Å². The summed E-state index contributed by atoms with van der Waals surface area (Å²) in [5.41, 5.74) is 4.30. The van der Waals surface area contributed by atoms with Gasteiger partial charge in [-0.05, 0) is 69.4 Å². The molecule has 16 heteroatoms. The number of ketones is 1. The number of urea groups is 1. The van der Waals surface area contributed by atoms with E-state index in [1.807, 2.05) is 36.1 Å². The second-order valence-electron chi connectivity index (χ2n) is 15.7. The summed E-state index contributed by atoms with van der Waals surface area (Å²) in [4.78, 5) is 73.5. The predicted octanol–water partition coefficient (Wildman–Crippen LogP) is 4.68. The van der Waals surface area contributed by atoms with Gasteiger partial charge in [0, 0.05) is 88.3 Å². The Morgan fingerprint density at radius 1 is 0.842 bits per heavy atom. The number of Topliss-reactive ketones (excluding diaryl/α,β-unsaturated/α-hetero) is 1. The number of piperazine rings is 1. The maximum absolute atomic E-state index is 13.6. The molecule has 296 valence electrons. The van der Waals surface area contributed by atoms with Crippen molar-refractivity contribution in [3.05, 3.63) is 64.2 Å². The number of anilines is 5. The van der Waals surface area contributed by atoms with Gasteiger partial charge in [0.05, 0.1) is 28.7 Å². The first-order valence-electron chi connectivity index (χ1n) is 20.1. The molecule has 5 aromatic rings. The van der Waals surface area contributed by atoms with E-state index in [-0.39, 0.29) is 35.3 Å². The van der Waals surface area contributed by atoms with Gasteiger partial charge in [0.15, 0.2) is 11.6 Å². The molecule has 3 saturated heterocycles. The van der Waals surface area contributed by atoms with Gasteiger partial charge in [-0.3, -0.25) is 38.7 Å². The molecule has 3 aliphatic heterocycles. The monoisotopic (exact) mass is 772 g/mol. The minimum absolute atomic E-state index is 0.0164. The average Bonchev–Trinajstić information content (AvgIpc) is 3.86. The van der Waals surface area contributed by atoms with Gasteiger partial charge in [0.2, 0.25) is 11.9 Å². The van der Waals surface area contributed by atoms with Crippen molar-refractivity contribution in [3.63, 3.8) is 0 Å². The summed E-state index contributed by atoms with van der Waals surface area (Å²) in [6.45, 7) is 9.18. The normalized spacial score (nSPS) is 18.9. The highest BCUT2D eigenvalue weighted by Gasteiger charge is 2.32. The number of benzene rings is 1. The summed E-state index contributed by atoms with van der Waals surface area (Å²) < 4.78 is 3.58. The molecule has 57 heavy (non-hydrogen) atoms. The molecule has 4 aliphatic rings. The van der Waals surface area contributed by atoms with Crippen LogP contribution in [0.3, 0.4) is 0 Å². The third-order valence-electron chi connectivity index (χ3n) is 12.4. The van der Waals surface area contributed by atoms with Crippen molar-refractivity contribution < 1.29 is 14.4 Å². The van der Waals surface area contributed by atoms with Gasteiger partial charge in [-0.25, -0.2) is 14.8 Å². The Morgan fingerprint density at radius 3 is 2.32 bits per heavy atom. The van der Waals surface area contributed by atoms with Crippen LogP contribution in [-0.4, -0.2) is 104 Å². The Balaban J connectivity index is 0.822. The van der Waals surface area contributed by atoms with Crippen molar-refractivity contribution in [3.8, 4) is 0 Å². The number of hydrogen-bond acceptors (Lipinski definition) is 12. The number of hydrogen-bond donors (Lipinski definition) is 2. The summed E-state index contributed by atoms with van der Waals surface area (Å²) in [6, 6.07) is 10.3. The molecule has 0 unspecified atom stereocenters. The first-order valence-corrected chi connectivity index (χ1v) is 20.1. The van der Waals surface area contributed by atoms with E-state index in [0.717, 1.165) is 100 Å². The molecule has 0 radical (unpaired) electrons. The number of amides is 3. The fourth-order valence-electron chi connectivity index (χ4n) is 9.41. The number of nitrogens with zero attached hydrogens (tertiary/aromatic N) is 10. The number of carbonyl (C=O) groups excluding carboxylic acids is 3. The standard InChI is InChI=1S/C41H48N12O4/c1-25-31-24-43-40(46-37(31)53(28-7-4-5-8-28)39(56)35(25)26(2)54)44-33-12-11-29(23-42-33)49-16-13-27(14-17-49)50-19-21-51(22-20-50)32-10-6-9-30-36(32)48(3)47-38(30)52-18-15-34(55)45-41(52)57/h6,9-12,23-24,27-28H,4-5,7-8,13-22H2,1-3H3,(H,45,55,57)(H,42,43,44,46). The molecular weight excluding hydrogens is 725 g/mol. The number of para-hydroxylation sites is 1. The molecule has 4 aromatic heterocycles. The Morgan fingerprint density at radius 2 is 1.61 bits per heavy atom. The van der Waals surface area contributed by atoms with Crippen molar-refractivity contribution in [2.45, 2.75) is 70.9 Å². The summed E-state index contributed by atoms with van der Waals surface area (Å²) in [5, 5.41) is 12.0. The maximum atomic E-state index is 13.6. The van der Waals surface area contributed by atoms with E-state index < -0.39 is 6.03 Å². The summed E-state index contributed by atoms with van der Waals surface area (Å²) in [7, 11) is 1.91. The van der Waals surface area contributed by atoms with E-state index in [1.165, 1.54) is 6.92 Å². The Hall–Kier alpha value is -5.90. The van der Waals surface area contributed by atoms with Crippen molar-refractivity contribution in [2.24, 2.45) is 7.05 Å². The predicted molar refractivity (Wildman–Crippen MR) is 219 cm³/mol. The molecule has 4 fully saturated rings. The second kappa shape index (κ2) is 14.9. The lowest BCUT2D eigenvalue weighted by molar-refractivity contribution is -0.120. The molecule has 16 nitrogen and oxygen atoms in total. The number of pyridine rings is 2. The number of nitrogens with one attached hydrogen (secondary N) is 2. The van der Waals surface area contributed by atoms with E-state index in [0.29, 0.717) is 46.8 Å². The van der Waals surface area contributed by atoms with E-state index in [2.05, 4.69) is 42.5 Å². The molecule has 0 spiro atoms. The topological polar surface area (TPSA) is 167 Å². The zero-order chi connectivity index (χ0) is 39.4. The molecule has 0 atom stereocenters. The van der Waals surface area contributed by atoms with Crippen molar-refractivity contribution in [1.29, 1.82) is 0 Å². The van der Waals surface area contributed by atoms with Crippen LogP contribution in [0.25, 0.3) is 21.9 Å². The number of fused-ring (bicyclic) bond motifs is 2. The Kier molecular flexibility index (Phi) is 9.59. The van der Waals surface area contributed by atoms with Crippen LogP contribution in [0.5, 0.6) is 0 Å². The first-order chi connectivity index (χ1) is 27.6. The minimum Gasteiger partial charge on any atom is -0.370 e. The van der Waals surface area contributed by atoms with Crippen LogP contribution in [0.4, 0.5) is 33.8 Å². The fourth-order valence-corrected chi connectivity index (χ4v) is 9.41. The van der Waals surface area contributed by atoms with E-state index in [9.17, 15) is 19.2 Å². The largest absolute Gasteiger partial charge is 0.370 e. The number of piperidine rings is 1. The first kappa shape index (κ1) is 36.7.